The minimum atomic E-state index is -0.574. The van der Waals surface area contributed by atoms with Crippen molar-refractivity contribution in [3.63, 3.8) is 0 Å². The Labute approximate surface area is 126 Å². The molecule has 0 radical (unpaired) electrons. The lowest BCUT2D eigenvalue weighted by atomic mass is 9.77. The third-order valence-corrected chi connectivity index (χ3v) is 4.56. The van der Waals surface area contributed by atoms with Gasteiger partial charge in [-0.25, -0.2) is 0 Å². The van der Waals surface area contributed by atoms with Gasteiger partial charge in [0.05, 0.1) is 18.2 Å². The van der Waals surface area contributed by atoms with Gasteiger partial charge in [-0.1, -0.05) is 37.3 Å². The van der Waals surface area contributed by atoms with Crippen molar-refractivity contribution in [2.45, 2.75) is 50.6 Å². The van der Waals surface area contributed by atoms with E-state index in [0.29, 0.717) is 12.3 Å². The summed E-state index contributed by atoms with van der Waals surface area (Å²) >= 11 is 0. The Balaban J connectivity index is 1.93. The van der Waals surface area contributed by atoms with Crippen LogP contribution in [-0.4, -0.2) is 29.2 Å². The molecule has 1 aromatic rings. The quantitative estimate of drug-likeness (QED) is 0.771. The van der Waals surface area contributed by atoms with Gasteiger partial charge in [0.2, 0.25) is 5.91 Å². The lowest BCUT2D eigenvalue weighted by Crippen LogP contribution is -2.57. The van der Waals surface area contributed by atoms with E-state index in [1.54, 1.807) is 0 Å². The molecule has 0 aromatic heterocycles. The molecule has 4 N–H and O–H groups in total. The van der Waals surface area contributed by atoms with Crippen molar-refractivity contribution in [1.29, 1.82) is 0 Å². The van der Waals surface area contributed by atoms with Crippen LogP contribution in [0, 0.1) is 5.92 Å². The Bertz CT molecular complexity index is 453. The van der Waals surface area contributed by atoms with Crippen LogP contribution in [0.2, 0.25) is 0 Å². The molecule has 0 bridgehead atoms. The topological polar surface area (TPSA) is 75.3 Å². The van der Waals surface area contributed by atoms with E-state index < -0.39 is 11.6 Å². The number of aliphatic hydroxyl groups excluding tert-OH is 1. The van der Waals surface area contributed by atoms with Crippen LogP contribution in [-0.2, 0) is 11.2 Å². The van der Waals surface area contributed by atoms with Crippen molar-refractivity contribution < 1.29 is 9.90 Å². The van der Waals surface area contributed by atoms with Gasteiger partial charge >= 0.3 is 0 Å². The monoisotopic (exact) mass is 290 g/mol. The second kappa shape index (κ2) is 7.05. The molecular formula is C17H26N2O2. The summed E-state index contributed by atoms with van der Waals surface area (Å²) in [5.41, 5.74) is 6.59. The normalized spacial score (nSPS) is 27.1. The number of hydrogen-bond donors (Lipinski definition) is 3. The molecule has 1 fully saturated rings. The molecule has 1 unspecified atom stereocenters. The van der Waals surface area contributed by atoms with Gasteiger partial charge in [-0.2, -0.15) is 0 Å². The van der Waals surface area contributed by atoms with Crippen molar-refractivity contribution >= 4 is 5.91 Å². The summed E-state index contributed by atoms with van der Waals surface area (Å²) in [6.07, 6.45) is 4.25. The van der Waals surface area contributed by atoms with Gasteiger partial charge in [0.1, 0.15) is 0 Å². The summed E-state index contributed by atoms with van der Waals surface area (Å²) in [5, 5.41) is 12.7. The van der Waals surface area contributed by atoms with E-state index in [-0.39, 0.29) is 12.5 Å². The highest BCUT2D eigenvalue weighted by atomic mass is 16.3. The lowest BCUT2D eigenvalue weighted by molar-refractivity contribution is -0.125. The van der Waals surface area contributed by atoms with Gasteiger partial charge in [-0.3, -0.25) is 4.79 Å². The first-order valence-electron chi connectivity index (χ1n) is 7.77. The van der Waals surface area contributed by atoms with Crippen LogP contribution >= 0.6 is 0 Å². The molecule has 0 spiro atoms. The number of nitrogens with two attached hydrogens (primary N) is 1. The zero-order valence-electron chi connectivity index (χ0n) is 12.7. The Hall–Kier alpha value is -1.39. The van der Waals surface area contributed by atoms with Crippen molar-refractivity contribution in [3.05, 3.63) is 35.9 Å². The third kappa shape index (κ3) is 4.29. The average Bonchev–Trinajstić information content (AvgIpc) is 2.51. The zero-order chi connectivity index (χ0) is 15.3. The zero-order valence-corrected chi connectivity index (χ0v) is 12.7. The molecule has 21 heavy (non-hydrogen) atoms. The molecule has 116 valence electrons. The van der Waals surface area contributed by atoms with Crippen LogP contribution in [0.25, 0.3) is 0 Å². The fourth-order valence-electron chi connectivity index (χ4n) is 2.95. The van der Waals surface area contributed by atoms with Crippen molar-refractivity contribution in [2.75, 3.05) is 6.61 Å². The third-order valence-electron chi connectivity index (χ3n) is 4.56. The molecule has 4 nitrogen and oxygen atoms in total. The first kappa shape index (κ1) is 16.0. The van der Waals surface area contributed by atoms with Crippen LogP contribution < -0.4 is 11.1 Å². The van der Waals surface area contributed by atoms with E-state index in [2.05, 4.69) is 12.2 Å². The first-order valence-corrected chi connectivity index (χ1v) is 7.77. The Morgan fingerprint density at radius 3 is 2.57 bits per heavy atom. The van der Waals surface area contributed by atoms with E-state index >= 15 is 0 Å². The molecule has 0 saturated heterocycles. The van der Waals surface area contributed by atoms with Gasteiger partial charge in [-0.05, 0) is 43.6 Å². The molecular weight excluding hydrogens is 264 g/mol. The highest BCUT2D eigenvalue weighted by molar-refractivity contribution is 5.82. The van der Waals surface area contributed by atoms with Crippen molar-refractivity contribution in [1.82, 2.24) is 5.32 Å². The SMILES string of the molecule is CC1CCC(CO)(NC(=O)C(N)Cc2ccccc2)CC1. The van der Waals surface area contributed by atoms with Crippen LogP contribution in [0.4, 0.5) is 0 Å². The lowest BCUT2D eigenvalue weighted by Gasteiger charge is -2.39. The number of aliphatic hydroxyl groups is 1. The van der Waals surface area contributed by atoms with Crippen LogP contribution in [0.1, 0.15) is 38.2 Å². The minimum Gasteiger partial charge on any atom is -0.394 e. The molecule has 0 heterocycles. The van der Waals surface area contributed by atoms with Gasteiger partial charge in [-0.15, -0.1) is 0 Å². The van der Waals surface area contributed by atoms with Gasteiger partial charge in [0, 0.05) is 0 Å². The maximum atomic E-state index is 12.3. The largest absolute Gasteiger partial charge is 0.394 e. The molecule has 4 heteroatoms. The molecule has 1 aliphatic carbocycles. The standard InChI is InChI=1S/C17H26N2O2/c1-13-7-9-17(12-20,10-8-13)19-16(21)15(18)11-14-5-3-2-4-6-14/h2-6,13,15,20H,7-12,18H2,1H3,(H,19,21). The molecule has 0 aliphatic heterocycles. The summed E-state index contributed by atoms with van der Waals surface area (Å²) < 4.78 is 0. The van der Waals surface area contributed by atoms with E-state index in [0.717, 1.165) is 31.2 Å². The number of benzene rings is 1. The number of hydrogen-bond acceptors (Lipinski definition) is 3. The fourth-order valence-corrected chi connectivity index (χ4v) is 2.95. The summed E-state index contributed by atoms with van der Waals surface area (Å²) in [5.74, 6) is 0.502. The summed E-state index contributed by atoms with van der Waals surface area (Å²) in [6, 6.07) is 9.19. The van der Waals surface area contributed by atoms with Gasteiger partial charge < -0.3 is 16.2 Å². The van der Waals surface area contributed by atoms with Crippen LogP contribution in [0.15, 0.2) is 30.3 Å². The Morgan fingerprint density at radius 1 is 1.38 bits per heavy atom. The van der Waals surface area contributed by atoms with E-state index in [9.17, 15) is 9.90 Å². The molecule has 1 amide bonds. The molecule has 1 aromatic carbocycles. The van der Waals surface area contributed by atoms with Gasteiger partial charge in [0.25, 0.3) is 0 Å². The smallest absolute Gasteiger partial charge is 0.237 e. The summed E-state index contributed by atoms with van der Waals surface area (Å²) in [6.45, 7) is 2.20. The number of amides is 1. The second-order valence-corrected chi connectivity index (χ2v) is 6.41. The number of rotatable bonds is 5. The second-order valence-electron chi connectivity index (χ2n) is 6.41. The van der Waals surface area contributed by atoms with E-state index in [1.807, 2.05) is 30.3 Å². The number of carbonyl (C=O) groups is 1. The highest BCUT2D eigenvalue weighted by Crippen LogP contribution is 2.31. The molecule has 1 saturated carbocycles. The maximum absolute atomic E-state index is 12.3. The van der Waals surface area contributed by atoms with Gasteiger partial charge in [0.15, 0.2) is 0 Å². The highest BCUT2D eigenvalue weighted by Gasteiger charge is 2.35. The van der Waals surface area contributed by atoms with Crippen LogP contribution in [0.5, 0.6) is 0 Å². The molecule has 1 aliphatic rings. The fraction of sp³-hybridized carbons (Fsp3) is 0.588. The summed E-state index contributed by atoms with van der Waals surface area (Å²) in [7, 11) is 0. The van der Waals surface area contributed by atoms with E-state index in [4.69, 9.17) is 5.73 Å². The van der Waals surface area contributed by atoms with Crippen LogP contribution in [0.3, 0.4) is 0 Å². The Kier molecular flexibility index (Phi) is 5.37. The maximum Gasteiger partial charge on any atom is 0.237 e. The molecule has 1 atom stereocenters. The minimum absolute atomic E-state index is 0.0104. The first-order chi connectivity index (χ1) is 10.0. The van der Waals surface area contributed by atoms with Crippen molar-refractivity contribution in [2.24, 2.45) is 11.7 Å². The predicted octanol–water partition coefficient (Wildman–Crippen LogP) is 1.61. The number of carbonyl (C=O) groups excluding carboxylic acids is 1. The van der Waals surface area contributed by atoms with E-state index in [1.165, 1.54) is 0 Å². The molecule has 2 rings (SSSR count). The average molecular weight is 290 g/mol. The predicted molar refractivity (Wildman–Crippen MR) is 83.7 cm³/mol. The number of nitrogens with one attached hydrogen (secondary N) is 1. The Morgan fingerprint density at radius 2 is 2.00 bits per heavy atom. The summed E-state index contributed by atoms with van der Waals surface area (Å²) in [4.78, 5) is 12.3. The van der Waals surface area contributed by atoms with Crippen molar-refractivity contribution in [3.8, 4) is 0 Å².